The minimum Gasteiger partial charge on any atom is -0.379 e. The fourth-order valence-electron chi connectivity index (χ4n) is 2.45. The normalized spacial score (nSPS) is 19.9. The van der Waals surface area contributed by atoms with Gasteiger partial charge in [-0.3, -0.25) is 0 Å². The van der Waals surface area contributed by atoms with Gasteiger partial charge in [0.2, 0.25) is 0 Å². The molecule has 1 aliphatic rings. The molecule has 2 atom stereocenters. The van der Waals surface area contributed by atoms with Crippen LogP contribution in [0.15, 0.2) is 22.7 Å². The first-order valence-electron chi connectivity index (χ1n) is 7.54. The summed E-state index contributed by atoms with van der Waals surface area (Å²) >= 11 is 3.27. The van der Waals surface area contributed by atoms with Gasteiger partial charge in [0.05, 0.1) is 12.7 Å². The minimum absolute atomic E-state index is 0.00346. The average Bonchev–Trinajstić information content (AvgIpc) is 2.95. The molecule has 1 heterocycles. The third-order valence-electron chi connectivity index (χ3n) is 3.67. The minimum atomic E-state index is -0.181. The van der Waals surface area contributed by atoms with Crippen molar-refractivity contribution < 1.29 is 13.9 Å². The van der Waals surface area contributed by atoms with Gasteiger partial charge in [0, 0.05) is 29.3 Å². The maximum absolute atomic E-state index is 13.8. The van der Waals surface area contributed by atoms with E-state index < -0.39 is 0 Å². The van der Waals surface area contributed by atoms with Gasteiger partial charge in [-0.05, 0) is 44.9 Å². The second-order valence-corrected chi connectivity index (χ2v) is 6.32. The Morgan fingerprint density at radius 3 is 3.10 bits per heavy atom. The molecule has 1 aromatic carbocycles. The summed E-state index contributed by atoms with van der Waals surface area (Å²) in [6.07, 6.45) is 3.45. The van der Waals surface area contributed by atoms with Crippen LogP contribution < -0.4 is 5.32 Å². The molecule has 1 N–H and O–H groups in total. The second kappa shape index (κ2) is 8.83. The van der Waals surface area contributed by atoms with E-state index in [1.807, 2.05) is 19.1 Å². The summed E-state index contributed by atoms with van der Waals surface area (Å²) in [5, 5.41) is 3.32. The maximum Gasteiger partial charge on any atom is 0.129 e. The van der Waals surface area contributed by atoms with Crippen molar-refractivity contribution in [2.45, 2.75) is 38.3 Å². The number of hydrogen-bond donors (Lipinski definition) is 1. The molecular formula is C16H23BrFNO2. The zero-order chi connectivity index (χ0) is 15.1. The van der Waals surface area contributed by atoms with Crippen LogP contribution in [0.1, 0.15) is 37.8 Å². The first-order chi connectivity index (χ1) is 10.2. The monoisotopic (exact) mass is 359 g/mol. The van der Waals surface area contributed by atoms with Crippen LogP contribution in [0.3, 0.4) is 0 Å². The summed E-state index contributed by atoms with van der Waals surface area (Å²) in [5.41, 5.74) is 0.693. The Labute approximate surface area is 134 Å². The molecule has 21 heavy (non-hydrogen) atoms. The van der Waals surface area contributed by atoms with E-state index in [1.54, 1.807) is 0 Å². The second-order valence-electron chi connectivity index (χ2n) is 5.41. The predicted molar refractivity (Wildman–Crippen MR) is 84.9 cm³/mol. The molecule has 1 saturated heterocycles. The fourth-order valence-corrected chi connectivity index (χ4v) is 2.78. The Morgan fingerprint density at radius 2 is 2.38 bits per heavy atom. The van der Waals surface area contributed by atoms with E-state index in [0.717, 1.165) is 36.9 Å². The predicted octanol–water partition coefficient (Wildman–Crippen LogP) is 3.82. The van der Waals surface area contributed by atoms with Crippen LogP contribution >= 0.6 is 15.9 Å². The largest absolute Gasteiger partial charge is 0.379 e. The first kappa shape index (κ1) is 16.9. The number of rotatable bonds is 8. The Hall–Kier alpha value is -0.490. The summed E-state index contributed by atoms with van der Waals surface area (Å²) in [5.74, 6) is -0.181. The molecule has 0 radical (unpaired) electrons. The Bertz CT molecular complexity index is 438. The Kier molecular flexibility index (Phi) is 7.10. The van der Waals surface area contributed by atoms with Gasteiger partial charge in [0.15, 0.2) is 0 Å². The van der Waals surface area contributed by atoms with Crippen LogP contribution in [0, 0.1) is 5.82 Å². The maximum atomic E-state index is 13.8. The molecule has 0 bridgehead atoms. The van der Waals surface area contributed by atoms with E-state index in [9.17, 15) is 4.39 Å². The smallest absolute Gasteiger partial charge is 0.129 e. The molecule has 0 aromatic heterocycles. The molecule has 118 valence electrons. The Balaban J connectivity index is 1.59. The van der Waals surface area contributed by atoms with E-state index >= 15 is 0 Å². The molecule has 0 spiro atoms. The Morgan fingerprint density at radius 1 is 1.52 bits per heavy atom. The van der Waals surface area contributed by atoms with Gasteiger partial charge in [0.25, 0.3) is 0 Å². The third kappa shape index (κ3) is 5.66. The van der Waals surface area contributed by atoms with Crippen molar-refractivity contribution >= 4 is 15.9 Å². The van der Waals surface area contributed by atoms with Gasteiger partial charge in [0.1, 0.15) is 5.82 Å². The first-order valence-corrected chi connectivity index (χ1v) is 8.34. The van der Waals surface area contributed by atoms with Crippen LogP contribution in [0.2, 0.25) is 0 Å². The lowest BCUT2D eigenvalue weighted by Gasteiger charge is -2.15. The molecule has 0 aliphatic carbocycles. The summed E-state index contributed by atoms with van der Waals surface area (Å²) in [6, 6.07) is 5.17. The van der Waals surface area contributed by atoms with Crippen molar-refractivity contribution in [1.82, 2.24) is 5.32 Å². The van der Waals surface area contributed by atoms with Crippen LogP contribution in [0.25, 0.3) is 0 Å². The SMILES string of the molecule is CC(NCCCOCC1CCCO1)c1ccc(Br)cc1F. The highest BCUT2D eigenvalue weighted by molar-refractivity contribution is 9.10. The van der Waals surface area contributed by atoms with Gasteiger partial charge in [-0.1, -0.05) is 22.0 Å². The van der Waals surface area contributed by atoms with Crippen molar-refractivity contribution in [3.63, 3.8) is 0 Å². The van der Waals surface area contributed by atoms with E-state index in [1.165, 1.54) is 6.07 Å². The zero-order valence-electron chi connectivity index (χ0n) is 12.4. The van der Waals surface area contributed by atoms with E-state index in [4.69, 9.17) is 9.47 Å². The van der Waals surface area contributed by atoms with E-state index in [0.29, 0.717) is 18.8 Å². The topological polar surface area (TPSA) is 30.5 Å². The summed E-state index contributed by atoms with van der Waals surface area (Å²) in [6.45, 7) is 5.05. The van der Waals surface area contributed by atoms with Gasteiger partial charge in [-0.15, -0.1) is 0 Å². The molecule has 2 rings (SSSR count). The van der Waals surface area contributed by atoms with Crippen LogP contribution in [0.5, 0.6) is 0 Å². The third-order valence-corrected chi connectivity index (χ3v) is 4.17. The summed E-state index contributed by atoms with van der Waals surface area (Å²) in [7, 11) is 0. The molecular weight excluding hydrogens is 337 g/mol. The average molecular weight is 360 g/mol. The summed E-state index contributed by atoms with van der Waals surface area (Å²) in [4.78, 5) is 0. The molecule has 1 fully saturated rings. The quantitative estimate of drug-likeness (QED) is 0.715. The zero-order valence-corrected chi connectivity index (χ0v) is 14.0. The fraction of sp³-hybridized carbons (Fsp3) is 0.625. The van der Waals surface area contributed by atoms with E-state index in [-0.39, 0.29) is 18.0 Å². The number of benzene rings is 1. The van der Waals surface area contributed by atoms with Gasteiger partial charge >= 0.3 is 0 Å². The lowest BCUT2D eigenvalue weighted by molar-refractivity contribution is 0.0165. The number of nitrogens with one attached hydrogen (secondary N) is 1. The van der Waals surface area contributed by atoms with Gasteiger partial charge in [-0.2, -0.15) is 0 Å². The number of halogens is 2. The van der Waals surface area contributed by atoms with Crippen LogP contribution in [-0.4, -0.2) is 32.5 Å². The summed E-state index contributed by atoms with van der Waals surface area (Å²) < 4.78 is 25.6. The van der Waals surface area contributed by atoms with Crippen LogP contribution in [-0.2, 0) is 9.47 Å². The molecule has 0 saturated carbocycles. The van der Waals surface area contributed by atoms with Gasteiger partial charge in [-0.25, -0.2) is 4.39 Å². The van der Waals surface area contributed by atoms with Gasteiger partial charge < -0.3 is 14.8 Å². The van der Waals surface area contributed by atoms with Crippen molar-refractivity contribution in [2.75, 3.05) is 26.4 Å². The standard InChI is InChI=1S/C16H23BrFNO2/c1-12(15-6-5-13(17)10-16(15)18)19-7-3-8-20-11-14-4-2-9-21-14/h5-6,10,12,14,19H,2-4,7-9,11H2,1H3. The number of ether oxygens (including phenoxy) is 2. The highest BCUT2D eigenvalue weighted by atomic mass is 79.9. The molecule has 1 aliphatic heterocycles. The van der Waals surface area contributed by atoms with Crippen molar-refractivity contribution in [3.8, 4) is 0 Å². The molecule has 5 heteroatoms. The number of hydrogen-bond acceptors (Lipinski definition) is 3. The van der Waals surface area contributed by atoms with Crippen LogP contribution in [0.4, 0.5) is 4.39 Å². The van der Waals surface area contributed by atoms with E-state index in [2.05, 4.69) is 21.2 Å². The lowest BCUT2D eigenvalue weighted by atomic mass is 10.1. The molecule has 3 nitrogen and oxygen atoms in total. The molecule has 0 amide bonds. The molecule has 2 unspecified atom stereocenters. The van der Waals surface area contributed by atoms with Crippen molar-refractivity contribution in [2.24, 2.45) is 0 Å². The highest BCUT2D eigenvalue weighted by Crippen LogP contribution is 2.20. The highest BCUT2D eigenvalue weighted by Gasteiger charge is 2.15. The van der Waals surface area contributed by atoms with Crippen molar-refractivity contribution in [1.29, 1.82) is 0 Å². The lowest BCUT2D eigenvalue weighted by Crippen LogP contribution is -2.22. The molecule has 1 aromatic rings. The van der Waals surface area contributed by atoms with Crippen molar-refractivity contribution in [3.05, 3.63) is 34.1 Å².